The highest BCUT2D eigenvalue weighted by atomic mass is 32.1. The van der Waals surface area contributed by atoms with Crippen LogP contribution in [0.5, 0.6) is 0 Å². The molecule has 30 heavy (non-hydrogen) atoms. The van der Waals surface area contributed by atoms with E-state index in [4.69, 9.17) is 4.42 Å². The molecule has 4 aromatic rings. The normalized spacial score (nSPS) is 11.7. The smallest absolute Gasteiger partial charge is 0.416 e. The summed E-state index contributed by atoms with van der Waals surface area (Å²) in [6.45, 7) is 0.106. The molecule has 0 aliphatic carbocycles. The number of nitro groups is 1. The fourth-order valence-electron chi connectivity index (χ4n) is 2.83. The average Bonchev–Trinajstić information content (AvgIpc) is 3.41. The lowest BCUT2D eigenvalue weighted by molar-refractivity contribution is -0.380. The lowest BCUT2D eigenvalue weighted by Gasteiger charge is -2.09. The quantitative estimate of drug-likeness (QED) is 0.353. The molecule has 0 bridgehead atoms. The van der Waals surface area contributed by atoms with Gasteiger partial charge in [0.1, 0.15) is 5.76 Å². The SMILES string of the molecule is O=C(Nc1nc2cc(C(F)(F)F)ccc2n1Cc1ccco1)c1ccc([N+](=O)[O-])s1. The number of hydrogen-bond donors (Lipinski definition) is 1. The molecule has 0 unspecified atom stereocenters. The lowest BCUT2D eigenvalue weighted by Crippen LogP contribution is -2.15. The van der Waals surface area contributed by atoms with E-state index in [2.05, 4.69) is 10.3 Å². The van der Waals surface area contributed by atoms with Gasteiger partial charge in [-0.2, -0.15) is 13.2 Å². The Hall–Kier alpha value is -3.67. The molecule has 0 saturated heterocycles. The first-order valence-corrected chi connectivity index (χ1v) is 9.19. The van der Waals surface area contributed by atoms with Gasteiger partial charge in [-0.25, -0.2) is 4.98 Å². The molecule has 0 aliphatic heterocycles. The van der Waals surface area contributed by atoms with Crippen molar-refractivity contribution in [2.45, 2.75) is 12.7 Å². The van der Waals surface area contributed by atoms with E-state index in [0.717, 1.165) is 12.1 Å². The van der Waals surface area contributed by atoms with Crippen LogP contribution in [0, 0.1) is 10.1 Å². The molecule has 0 atom stereocenters. The zero-order valence-electron chi connectivity index (χ0n) is 14.8. The summed E-state index contributed by atoms with van der Waals surface area (Å²) in [5, 5.41) is 13.1. The molecular weight excluding hydrogens is 425 g/mol. The number of halogens is 3. The Labute approximate surface area is 169 Å². The standard InChI is InChI=1S/C18H11F3N4O4S/c19-18(20,21)10-3-4-13-12(8-10)22-17(24(13)9-11-2-1-7-29-11)23-16(26)14-5-6-15(30-14)25(27)28/h1-8H,9H2,(H,22,23,26). The Morgan fingerprint density at radius 2 is 2.07 bits per heavy atom. The number of thiophene rings is 1. The second-order valence-electron chi connectivity index (χ2n) is 6.15. The van der Waals surface area contributed by atoms with E-state index in [1.807, 2.05) is 0 Å². The van der Waals surface area contributed by atoms with Crippen LogP contribution in [-0.4, -0.2) is 20.4 Å². The molecule has 3 heterocycles. The highest BCUT2D eigenvalue weighted by Crippen LogP contribution is 2.33. The van der Waals surface area contributed by atoms with Crippen LogP contribution in [0.2, 0.25) is 0 Å². The summed E-state index contributed by atoms with van der Waals surface area (Å²) >= 11 is 0.677. The van der Waals surface area contributed by atoms with Crippen molar-refractivity contribution in [3.63, 3.8) is 0 Å². The van der Waals surface area contributed by atoms with Gasteiger partial charge in [0.15, 0.2) is 0 Å². The number of nitrogens with one attached hydrogen (secondary N) is 1. The number of aromatic nitrogens is 2. The van der Waals surface area contributed by atoms with E-state index >= 15 is 0 Å². The number of alkyl halides is 3. The second kappa shape index (κ2) is 7.30. The van der Waals surface area contributed by atoms with Gasteiger partial charge < -0.3 is 8.98 Å². The van der Waals surface area contributed by atoms with Crippen molar-refractivity contribution in [3.8, 4) is 0 Å². The van der Waals surface area contributed by atoms with Gasteiger partial charge in [0, 0.05) is 6.07 Å². The summed E-state index contributed by atoms with van der Waals surface area (Å²) in [5.74, 6) is -0.182. The molecular formula is C18H11F3N4O4S. The average molecular weight is 436 g/mol. The third kappa shape index (κ3) is 3.76. The summed E-state index contributed by atoms with van der Waals surface area (Å²) in [5.41, 5.74) is -0.486. The highest BCUT2D eigenvalue weighted by Gasteiger charge is 2.31. The Kier molecular flexibility index (Phi) is 4.78. The monoisotopic (exact) mass is 436 g/mol. The van der Waals surface area contributed by atoms with Crippen LogP contribution in [0.4, 0.5) is 24.1 Å². The van der Waals surface area contributed by atoms with Crippen molar-refractivity contribution in [2.24, 2.45) is 0 Å². The van der Waals surface area contributed by atoms with E-state index < -0.39 is 22.6 Å². The first-order valence-electron chi connectivity index (χ1n) is 8.38. The molecule has 1 amide bonds. The van der Waals surface area contributed by atoms with E-state index in [0.29, 0.717) is 22.6 Å². The number of imidazole rings is 1. The number of hydrogen-bond acceptors (Lipinski definition) is 6. The minimum atomic E-state index is -4.54. The minimum absolute atomic E-state index is 0.0122. The largest absolute Gasteiger partial charge is 0.467 e. The molecule has 12 heteroatoms. The Morgan fingerprint density at radius 1 is 1.27 bits per heavy atom. The zero-order valence-corrected chi connectivity index (χ0v) is 15.7. The molecule has 0 spiro atoms. The fourth-order valence-corrected chi connectivity index (χ4v) is 3.55. The third-order valence-electron chi connectivity index (χ3n) is 4.19. The van der Waals surface area contributed by atoms with E-state index in [9.17, 15) is 28.1 Å². The second-order valence-corrected chi connectivity index (χ2v) is 7.21. The summed E-state index contributed by atoms with van der Waals surface area (Å²) in [6, 6.07) is 8.89. The van der Waals surface area contributed by atoms with Crippen LogP contribution in [-0.2, 0) is 12.7 Å². The van der Waals surface area contributed by atoms with Gasteiger partial charge in [-0.15, -0.1) is 0 Å². The topological polar surface area (TPSA) is 103 Å². The molecule has 1 N–H and O–H groups in total. The Balaban J connectivity index is 1.74. The molecule has 1 aromatic carbocycles. The van der Waals surface area contributed by atoms with Crippen LogP contribution in [0.25, 0.3) is 11.0 Å². The summed E-state index contributed by atoms with van der Waals surface area (Å²) in [6.07, 6.45) is -3.10. The van der Waals surface area contributed by atoms with E-state index in [1.54, 1.807) is 12.1 Å². The van der Waals surface area contributed by atoms with E-state index in [1.165, 1.54) is 29.0 Å². The zero-order chi connectivity index (χ0) is 21.5. The molecule has 8 nitrogen and oxygen atoms in total. The Bertz CT molecular complexity index is 1240. The summed E-state index contributed by atoms with van der Waals surface area (Å²) in [4.78, 5) is 26.9. The van der Waals surface area contributed by atoms with Crippen LogP contribution < -0.4 is 5.32 Å². The number of anilines is 1. The number of carbonyl (C=O) groups excluding carboxylic acids is 1. The van der Waals surface area contributed by atoms with Crippen LogP contribution in [0.1, 0.15) is 21.0 Å². The van der Waals surface area contributed by atoms with Gasteiger partial charge in [-0.3, -0.25) is 20.2 Å². The van der Waals surface area contributed by atoms with Gasteiger partial charge >= 0.3 is 11.2 Å². The first-order chi connectivity index (χ1) is 14.2. The predicted molar refractivity (Wildman–Crippen MR) is 101 cm³/mol. The molecule has 0 saturated carbocycles. The van der Waals surface area contributed by atoms with Crippen molar-refractivity contribution >= 4 is 39.2 Å². The maximum atomic E-state index is 13.1. The number of rotatable bonds is 5. The molecule has 0 radical (unpaired) electrons. The van der Waals surface area contributed by atoms with E-state index in [-0.39, 0.29) is 27.9 Å². The third-order valence-corrected chi connectivity index (χ3v) is 5.23. The van der Waals surface area contributed by atoms with Gasteiger partial charge in [0.2, 0.25) is 5.95 Å². The predicted octanol–water partition coefficient (Wildman–Crippen LogP) is 4.92. The molecule has 3 aromatic heterocycles. The molecule has 0 aliphatic rings. The molecule has 154 valence electrons. The van der Waals surface area contributed by atoms with Gasteiger partial charge in [-0.1, -0.05) is 11.3 Å². The van der Waals surface area contributed by atoms with Crippen molar-refractivity contribution in [2.75, 3.05) is 5.32 Å². The highest BCUT2D eigenvalue weighted by molar-refractivity contribution is 7.17. The molecule has 4 rings (SSSR count). The van der Waals surface area contributed by atoms with Crippen molar-refractivity contribution in [1.82, 2.24) is 9.55 Å². The van der Waals surface area contributed by atoms with Crippen LogP contribution in [0.15, 0.2) is 53.1 Å². The van der Waals surface area contributed by atoms with Crippen molar-refractivity contribution in [3.05, 3.63) is 75.0 Å². The van der Waals surface area contributed by atoms with Crippen molar-refractivity contribution in [1.29, 1.82) is 0 Å². The number of benzene rings is 1. The number of nitrogens with zero attached hydrogens (tertiary/aromatic N) is 3. The lowest BCUT2D eigenvalue weighted by atomic mass is 10.2. The Morgan fingerprint density at radius 3 is 2.70 bits per heavy atom. The maximum Gasteiger partial charge on any atom is 0.416 e. The number of fused-ring (bicyclic) bond motifs is 1. The summed E-state index contributed by atoms with van der Waals surface area (Å²) < 4.78 is 46.0. The maximum absolute atomic E-state index is 13.1. The number of amides is 1. The minimum Gasteiger partial charge on any atom is -0.467 e. The van der Waals surface area contributed by atoms with Crippen LogP contribution >= 0.6 is 11.3 Å². The van der Waals surface area contributed by atoms with Crippen LogP contribution in [0.3, 0.4) is 0 Å². The van der Waals surface area contributed by atoms with Gasteiger partial charge in [0.05, 0.1) is 39.2 Å². The summed E-state index contributed by atoms with van der Waals surface area (Å²) in [7, 11) is 0. The van der Waals surface area contributed by atoms with Crippen molar-refractivity contribution < 1.29 is 27.3 Å². The number of furan rings is 1. The van der Waals surface area contributed by atoms with Gasteiger partial charge in [-0.05, 0) is 36.4 Å². The number of carbonyl (C=O) groups is 1. The first kappa shape index (κ1) is 19.6. The fraction of sp³-hybridized carbons (Fsp3) is 0.111. The van der Waals surface area contributed by atoms with Gasteiger partial charge in [0.25, 0.3) is 5.91 Å². The molecule has 0 fully saturated rings.